The van der Waals surface area contributed by atoms with E-state index in [1.165, 1.54) is 93.9 Å². The zero-order valence-electron chi connectivity index (χ0n) is 25.6. The van der Waals surface area contributed by atoms with E-state index in [0.29, 0.717) is 0 Å². The number of hydrogen-bond acceptors (Lipinski definition) is 6. The normalized spacial score (nSPS) is 11.8. The highest BCUT2D eigenvalue weighted by atomic mass is 35.5. The van der Waals surface area contributed by atoms with Crippen molar-refractivity contribution in [3.8, 4) is 11.3 Å². The molecule has 7 nitrogen and oxygen atoms in total. The van der Waals surface area contributed by atoms with E-state index in [-0.39, 0.29) is 11.3 Å². The lowest BCUT2D eigenvalue weighted by atomic mass is 10.1. The van der Waals surface area contributed by atoms with Crippen molar-refractivity contribution in [1.82, 2.24) is 19.2 Å². The topological polar surface area (TPSA) is 74.2 Å². The molecule has 1 N–H and O–H groups in total. The zero-order valence-corrected chi connectivity index (χ0v) is 27.1. The minimum Gasteiger partial charge on any atom is -0.476 e. The molecule has 0 radical (unpaired) electrons. The van der Waals surface area contributed by atoms with Gasteiger partial charge < -0.3 is 14.4 Å². The highest BCUT2D eigenvalue weighted by Crippen LogP contribution is 2.37. The Hall–Kier alpha value is -2.86. The van der Waals surface area contributed by atoms with Gasteiger partial charge in [-0.3, -0.25) is 9.30 Å². The van der Waals surface area contributed by atoms with Crippen LogP contribution in [0.4, 0.5) is 13.2 Å². The van der Waals surface area contributed by atoms with Gasteiger partial charge in [0.15, 0.2) is 11.3 Å². The molecule has 0 fully saturated rings. The molecular weight excluding hydrogens is 613 g/mol. The summed E-state index contributed by atoms with van der Waals surface area (Å²) >= 11 is 7.71. The number of carboxylic acids is 1. The summed E-state index contributed by atoms with van der Waals surface area (Å²) in [6.07, 6.45) is 9.07. The molecule has 0 aromatic carbocycles. The minimum atomic E-state index is -4.73. The van der Waals surface area contributed by atoms with E-state index in [2.05, 4.69) is 53.3 Å². The number of pyridine rings is 1. The van der Waals surface area contributed by atoms with E-state index in [1.807, 2.05) is 11.3 Å². The van der Waals surface area contributed by atoms with E-state index in [0.717, 1.165) is 23.6 Å². The van der Waals surface area contributed by atoms with Gasteiger partial charge in [-0.05, 0) is 56.7 Å². The number of hydrogen-bond donors (Lipinski definition) is 1. The first-order valence-electron chi connectivity index (χ1n) is 15.0. The molecule has 0 amide bonds. The molecule has 4 aromatic heterocycles. The van der Waals surface area contributed by atoms with Crippen molar-refractivity contribution in [3.63, 3.8) is 0 Å². The number of furan rings is 1. The van der Waals surface area contributed by atoms with Crippen molar-refractivity contribution in [2.45, 2.75) is 71.0 Å². The number of aromatic nitrogens is 2. The van der Waals surface area contributed by atoms with Crippen LogP contribution in [0.25, 0.3) is 17.0 Å². The predicted molar refractivity (Wildman–Crippen MR) is 171 cm³/mol. The Bertz CT molecular complexity index is 1410. The summed E-state index contributed by atoms with van der Waals surface area (Å²) in [6, 6.07) is 8.26. The largest absolute Gasteiger partial charge is 0.476 e. The Balaban J connectivity index is 0.000000240. The molecule has 0 atom stereocenters. The number of nitrogens with zero attached hydrogens (tertiary/aromatic N) is 4. The second-order valence-corrected chi connectivity index (χ2v) is 12.4. The molecule has 0 saturated heterocycles. The average molecular weight is 655 g/mol. The molecule has 242 valence electrons. The van der Waals surface area contributed by atoms with Crippen molar-refractivity contribution < 1.29 is 27.5 Å². The maximum absolute atomic E-state index is 13.2. The number of carbonyl (C=O) groups is 1. The van der Waals surface area contributed by atoms with Crippen LogP contribution in [0.15, 0.2) is 52.6 Å². The third-order valence-electron chi connectivity index (χ3n) is 7.13. The Morgan fingerprint density at radius 2 is 1.75 bits per heavy atom. The highest BCUT2D eigenvalue weighted by Gasteiger charge is 2.36. The van der Waals surface area contributed by atoms with Gasteiger partial charge in [-0.1, -0.05) is 69.5 Å². The van der Waals surface area contributed by atoms with E-state index >= 15 is 0 Å². The SMILES string of the molecule is CCCCCCCCCCN(CCN(C)C)Cc1cccs1.O=C(O)c1nc2c(C(F)(F)F)cc(-c3ccco3)cn2c1Cl. The lowest BCUT2D eigenvalue weighted by Crippen LogP contribution is -2.32. The molecule has 0 aliphatic heterocycles. The van der Waals surface area contributed by atoms with Gasteiger partial charge in [0.25, 0.3) is 0 Å². The third kappa shape index (κ3) is 10.9. The molecule has 4 aromatic rings. The van der Waals surface area contributed by atoms with Crippen LogP contribution in [-0.2, 0) is 12.7 Å². The molecule has 4 heterocycles. The maximum atomic E-state index is 13.2. The lowest BCUT2D eigenvalue weighted by molar-refractivity contribution is -0.136. The smallest absolute Gasteiger partial charge is 0.420 e. The number of likely N-dealkylation sites (N-methyl/N-ethyl adjacent to an activating group) is 1. The molecule has 0 spiro atoms. The first kappa shape index (κ1) is 35.6. The summed E-state index contributed by atoms with van der Waals surface area (Å²) in [7, 11) is 4.33. The van der Waals surface area contributed by atoms with Crippen LogP contribution in [0.1, 0.15) is 79.2 Å². The number of thiophene rings is 1. The fraction of sp³-hybridized carbons (Fsp3) is 0.500. The Morgan fingerprint density at radius 1 is 1.05 bits per heavy atom. The summed E-state index contributed by atoms with van der Waals surface area (Å²) in [4.78, 5) is 20.9. The Labute approximate surface area is 266 Å². The van der Waals surface area contributed by atoms with Gasteiger partial charge >= 0.3 is 12.1 Å². The summed E-state index contributed by atoms with van der Waals surface area (Å²) in [5.74, 6) is -1.32. The van der Waals surface area contributed by atoms with Crippen LogP contribution in [0.5, 0.6) is 0 Å². The fourth-order valence-electron chi connectivity index (χ4n) is 4.74. The number of halogens is 4. The summed E-state index contributed by atoms with van der Waals surface area (Å²) < 4.78 is 45.6. The van der Waals surface area contributed by atoms with Crippen LogP contribution in [0.2, 0.25) is 5.15 Å². The van der Waals surface area contributed by atoms with E-state index in [9.17, 15) is 18.0 Å². The molecule has 0 aliphatic rings. The summed E-state index contributed by atoms with van der Waals surface area (Å²) in [5, 5.41) is 10.7. The molecule has 0 bridgehead atoms. The molecule has 4 rings (SSSR count). The maximum Gasteiger partial charge on any atom is 0.420 e. The van der Waals surface area contributed by atoms with E-state index < -0.39 is 34.2 Å². The number of rotatable bonds is 16. The molecular formula is C32H42ClF3N4O3S. The Morgan fingerprint density at radius 3 is 2.32 bits per heavy atom. The molecule has 0 aliphatic carbocycles. The van der Waals surface area contributed by atoms with E-state index in [4.69, 9.17) is 21.1 Å². The first-order valence-corrected chi connectivity index (χ1v) is 16.2. The molecule has 0 saturated carbocycles. The summed E-state index contributed by atoms with van der Waals surface area (Å²) in [5.41, 5.74) is -2.23. The quantitative estimate of drug-likeness (QED) is 0.121. The highest BCUT2D eigenvalue weighted by molar-refractivity contribution is 7.09. The van der Waals surface area contributed by atoms with Crippen molar-refractivity contribution in [2.75, 3.05) is 33.7 Å². The van der Waals surface area contributed by atoms with E-state index in [1.54, 1.807) is 0 Å². The second kappa shape index (κ2) is 17.6. The van der Waals surface area contributed by atoms with Crippen LogP contribution < -0.4 is 0 Å². The Kier molecular flexibility index (Phi) is 14.2. The van der Waals surface area contributed by atoms with Crippen molar-refractivity contribution >= 4 is 34.6 Å². The van der Waals surface area contributed by atoms with Crippen molar-refractivity contribution in [1.29, 1.82) is 0 Å². The lowest BCUT2D eigenvalue weighted by Gasteiger charge is -2.23. The van der Waals surface area contributed by atoms with Crippen molar-refractivity contribution in [2.24, 2.45) is 0 Å². The number of unbranched alkanes of at least 4 members (excludes halogenated alkanes) is 7. The number of alkyl halides is 3. The van der Waals surface area contributed by atoms with Crippen LogP contribution in [-0.4, -0.2) is 64.0 Å². The predicted octanol–water partition coefficient (Wildman–Crippen LogP) is 9.22. The van der Waals surface area contributed by atoms with Gasteiger partial charge in [0.1, 0.15) is 10.9 Å². The van der Waals surface area contributed by atoms with Gasteiger partial charge in [-0.25, -0.2) is 9.78 Å². The molecule has 44 heavy (non-hydrogen) atoms. The molecule has 12 heteroatoms. The van der Waals surface area contributed by atoms with Crippen LogP contribution in [0, 0.1) is 0 Å². The average Bonchev–Trinajstić information content (AvgIpc) is 3.75. The van der Waals surface area contributed by atoms with Gasteiger partial charge in [0, 0.05) is 36.3 Å². The van der Waals surface area contributed by atoms with Gasteiger partial charge in [0.05, 0.1) is 11.8 Å². The number of aromatic carboxylic acids is 1. The van der Waals surface area contributed by atoms with Gasteiger partial charge in [-0.2, -0.15) is 13.2 Å². The summed E-state index contributed by atoms with van der Waals surface area (Å²) in [6.45, 7) is 7.00. The third-order valence-corrected chi connectivity index (χ3v) is 8.35. The standard InChI is InChI=1S/C19H36N2S.C13H6ClF3N2O3/c1-4-5-6-7-8-9-10-11-14-21(16-15-20(2)3)18-19-13-12-17-22-19;14-10-9(12(20)21)18-11-7(13(15,16)17)4-6(5-19(10)11)8-2-1-3-22-8/h12-13,17H,4-11,14-16,18H2,1-3H3;1-5H,(H,20,21). The van der Waals surface area contributed by atoms with Crippen LogP contribution in [0.3, 0.4) is 0 Å². The van der Waals surface area contributed by atoms with Crippen molar-refractivity contribution in [3.05, 3.63) is 69.5 Å². The monoisotopic (exact) mass is 654 g/mol. The molecule has 0 unspecified atom stereocenters. The fourth-order valence-corrected chi connectivity index (χ4v) is 5.74. The minimum absolute atomic E-state index is 0.0982. The van der Waals surface area contributed by atoms with Gasteiger partial charge in [0.2, 0.25) is 0 Å². The number of fused-ring (bicyclic) bond motifs is 1. The van der Waals surface area contributed by atoms with Crippen LogP contribution >= 0.6 is 22.9 Å². The second-order valence-electron chi connectivity index (χ2n) is 11.0. The van der Waals surface area contributed by atoms with Gasteiger partial charge in [-0.15, -0.1) is 11.3 Å². The zero-order chi connectivity index (χ0) is 32.1. The number of imidazole rings is 1. The number of carboxylic acid groups (broad SMARTS) is 1. The first-order chi connectivity index (χ1) is 21.0.